The number of nitrogens with one attached hydrogen (secondary N) is 1. The van der Waals surface area contributed by atoms with Crippen LogP contribution >= 0.6 is 28.1 Å². The largest absolute Gasteiger partial charge is 0.351 e. The smallest absolute Gasteiger partial charge is 0.174 e. The molecule has 1 aromatic carbocycles. The number of nitrogens with zero attached hydrogens (tertiary/aromatic N) is 4. The molecular weight excluding hydrogens is 470 g/mol. The van der Waals surface area contributed by atoms with Gasteiger partial charge in [-0.25, -0.2) is 0 Å². The second-order valence-electron chi connectivity index (χ2n) is 7.42. The fourth-order valence-electron chi connectivity index (χ4n) is 4.16. The maximum atomic E-state index is 5.83. The molecule has 4 aromatic rings. The molecule has 0 saturated carbocycles. The van der Waals surface area contributed by atoms with Gasteiger partial charge in [0.05, 0.1) is 23.6 Å². The second kappa shape index (κ2) is 8.24. The summed E-state index contributed by atoms with van der Waals surface area (Å²) in [6, 6.07) is 22.4. The lowest BCUT2D eigenvalue weighted by Crippen LogP contribution is -2.30. The first-order valence-corrected chi connectivity index (χ1v) is 11.2. The molecule has 0 aliphatic carbocycles. The molecule has 0 radical (unpaired) electrons. The highest BCUT2D eigenvalue weighted by Gasteiger charge is 2.42. The molecule has 31 heavy (non-hydrogen) atoms. The van der Waals surface area contributed by atoms with E-state index in [0.717, 1.165) is 32.9 Å². The van der Waals surface area contributed by atoms with E-state index in [-0.39, 0.29) is 12.1 Å². The molecule has 0 bridgehead atoms. The average molecular weight is 490 g/mol. The van der Waals surface area contributed by atoms with Crippen LogP contribution in [0.1, 0.15) is 29.2 Å². The number of aromatic nitrogens is 3. The number of aryl methyl sites for hydroxylation is 1. The fraction of sp³-hybridized carbons (Fsp3) is 0.125. The Balaban J connectivity index is 1.70. The standard InChI is InChI=1S/C24H20BrN5S/c1-16-7-12-21(29(16)19-5-4-13-26-15-19)23-22(20-6-2-3-14-27-20)28-24(31)30(23)18-10-8-17(25)9-11-18/h2-15,22-23H,1H3,(H,28,31)/t22-,23+/m1/s1. The minimum atomic E-state index is -0.0953. The maximum Gasteiger partial charge on any atom is 0.174 e. The topological polar surface area (TPSA) is 46.0 Å². The number of hydrogen-bond donors (Lipinski definition) is 1. The Kier molecular flexibility index (Phi) is 5.29. The van der Waals surface area contributed by atoms with Crippen LogP contribution in [0, 0.1) is 6.92 Å². The number of halogens is 1. The molecular formula is C24H20BrN5S. The van der Waals surface area contributed by atoms with Gasteiger partial charge in [-0.2, -0.15) is 0 Å². The summed E-state index contributed by atoms with van der Waals surface area (Å²) in [6.07, 6.45) is 5.50. The van der Waals surface area contributed by atoms with Crippen molar-refractivity contribution in [1.82, 2.24) is 19.9 Å². The SMILES string of the molecule is Cc1ccc([C@H]2[C@@H](c3ccccn3)NC(=S)N2c2ccc(Br)cc2)n1-c1cccnc1. The first-order chi connectivity index (χ1) is 15.1. The van der Waals surface area contributed by atoms with E-state index in [1.807, 2.05) is 48.8 Å². The molecule has 0 spiro atoms. The zero-order valence-electron chi connectivity index (χ0n) is 16.8. The number of anilines is 1. The van der Waals surface area contributed by atoms with Gasteiger partial charge in [0.1, 0.15) is 6.04 Å². The summed E-state index contributed by atoms with van der Waals surface area (Å²) < 4.78 is 3.27. The van der Waals surface area contributed by atoms with Crippen LogP contribution in [-0.4, -0.2) is 19.6 Å². The Morgan fingerprint density at radius 3 is 2.48 bits per heavy atom. The van der Waals surface area contributed by atoms with Gasteiger partial charge in [0, 0.05) is 33.9 Å². The van der Waals surface area contributed by atoms with Crippen LogP contribution in [0.15, 0.2) is 89.8 Å². The minimum absolute atomic E-state index is 0.0857. The zero-order chi connectivity index (χ0) is 21.4. The van der Waals surface area contributed by atoms with Crippen molar-refractivity contribution < 1.29 is 0 Å². The predicted octanol–water partition coefficient (Wildman–Crippen LogP) is 5.52. The van der Waals surface area contributed by atoms with Crippen LogP contribution in [0.5, 0.6) is 0 Å². The van der Waals surface area contributed by atoms with Gasteiger partial charge in [-0.1, -0.05) is 22.0 Å². The normalized spacial score (nSPS) is 18.3. The number of thiocarbonyl (C=S) groups is 1. The van der Waals surface area contributed by atoms with E-state index < -0.39 is 0 Å². The van der Waals surface area contributed by atoms with Crippen LogP contribution < -0.4 is 10.2 Å². The molecule has 1 saturated heterocycles. The van der Waals surface area contributed by atoms with Crippen molar-refractivity contribution >= 4 is 38.9 Å². The van der Waals surface area contributed by atoms with Crippen molar-refractivity contribution in [3.05, 3.63) is 107 Å². The quantitative estimate of drug-likeness (QED) is 0.382. The van der Waals surface area contributed by atoms with Crippen molar-refractivity contribution in [2.45, 2.75) is 19.0 Å². The van der Waals surface area contributed by atoms with E-state index in [4.69, 9.17) is 12.2 Å². The molecule has 1 aliphatic rings. The van der Waals surface area contributed by atoms with E-state index in [2.05, 4.69) is 77.9 Å². The highest BCUT2D eigenvalue weighted by atomic mass is 79.9. The van der Waals surface area contributed by atoms with Crippen molar-refractivity contribution in [3.63, 3.8) is 0 Å². The molecule has 7 heteroatoms. The fourth-order valence-corrected chi connectivity index (χ4v) is 4.77. The maximum absolute atomic E-state index is 5.83. The summed E-state index contributed by atoms with van der Waals surface area (Å²) in [5, 5.41) is 4.20. The van der Waals surface area contributed by atoms with Gasteiger partial charge in [-0.3, -0.25) is 9.97 Å². The molecule has 4 heterocycles. The number of hydrogen-bond acceptors (Lipinski definition) is 3. The first-order valence-electron chi connectivity index (χ1n) is 9.98. The molecule has 154 valence electrons. The third-order valence-corrected chi connectivity index (χ3v) is 6.36. The molecule has 5 nitrogen and oxygen atoms in total. The van der Waals surface area contributed by atoms with Crippen LogP contribution in [0.4, 0.5) is 5.69 Å². The third-order valence-electron chi connectivity index (χ3n) is 5.52. The number of rotatable bonds is 4. The van der Waals surface area contributed by atoms with Gasteiger partial charge in [0.15, 0.2) is 5.11 Å². The van der Waals surface area contributed by atoms with Crippen molar-refractivity contribution in [3.8, 4) is 5.69 Å². The Morgan fingerprint density at radius 2 is 1.77 bits per heavy atom. The van der Waals surface area contributed by atoms with Crippen LogP contribution in [0.25, 0.3) is 5.69 Å². The molecule has 1 aliphatic heterocycles. The summed E-state index contributed by atoms with van der Waals surface area (Å²) in [5.74, 6) is 0. The summed E-state index contributed by atoms with van der Waals surface area (Å²) in [5.41, 5.74) is 5.26. The summed E-state index contributed by atoms with van der Waals surface area (Å²) in [7, 11) is 0. The second-order valence-corrected chi connectivity index (χ2v) is 8.72. The molecule has 1 fully saturated rings. The summed E-state index contributed by atoms with van der Waals surface area (Å²) >= 11 is 9.37. The van der Waals surface area contributed by atoms with Crippen molar-refractivity contribution in [2.75, 3.05) is 4.90 Å². The van der Waals surface area contributed by atoms with Gasteiger partial charge in [-0.05, 0) is 79.8 Å². The van der Waals surface area contributed by atoms with Crippen LogP contribution in [-0.2, 0) is 0 Å². The van der Waals surface area contributed by atoms with Crippen molar-refractivity contribution in [1.29, 1.82) is 0 Å². The summed E-state index contributed by atoms with van der Waals surface area (Å²) in [6.45, 7) is 2.11. The molecule has 2 atom stereocenters. The van der Waals surface area contributed by atoms with E-state index in [1.54, 1.807) is 6.20 Å². The zero-order valence-corrected chi connectivity index (χ0v) is 19.2. The van der Waals surface area contributed by atoms with Crippen LogP contribution in [0.3, 0.4) is 0 Å². The van der Waals surface area contributed by atoms with Crippen LogP contribution in [0.2, 0.25) is 0 Å². The molecule has 1 N–H and O–H groups in total. The van der Waals surface area contributed by atoms with E-state index in [9.17, 15) is 0 Å². The highest BCUT2D eigenvalue weighted by Crippen LogP contribution is 2.42. The molecule has 0 unspecified atom stereocenters. The van der Waals surface area contributed by atoms with E-state index in [0.29, 0.717) is 5.11 Å². The Hall–Kier alpha value is -3.03. The third kappa shape index (κ3) is 3.64. The van der Waals surface area contributed by atoms with E-state index in [1.165, 1.54) is 0 Å². The lowest BCUT2D eigenvalue weighted by atomic mass is 10.0. The molecule has 5 rings (SSSR count). The van der Waals surface area contributed by atoms with Gasteiger partial charge in [-0.15, -0.1) is 0 Å². The lowest BCUT2D eigenvalue weighted by molar-refractivity contribution is 0.548. The van der Waals surface area contributed by atoms with Gasteiger partial charge in [0.25, 0.3) is 0 Å². The van der Waals surface area contributed by atoms with Gasteiger partial charge in [0.2, 0.25) is 0 Å². The lowest BCUT2D eigenvalue weighted by Gasteiger charge is -2.29. The first kappa shape index (κ1) is 19.9. The monoisotopic (exact) mass is 489 g/mol. The molecule has 3 aromatic heterocycles. The Labute approximate surface area is 194 Å². The average Bonchev–Trinajstić information content (AvgIpc) is 3.35. The Bertz CT molecular complexity index is 1210. The predicted molar refractivity (Wildman–Crippen MR) is 130 cm³/mol. The van der Waals surface area contributed by atoms with Crippen molar-refractivity contribution in [2.24, 2.45) is 0 Å². The Morgan fingerprint density at radius 1 is 0.935 bits per heavy atom. The van der Waals surface area contributed by atoms with E-state index >= 15 is 0 Å². The molecule has 0 amide bonds. The minimum Gasteiger partial charge on any atom is -0.351 e. The van der Waals surface area contributed by atoms with Gasteiger partial charge < -0.3 is 14.8 Å². The number of pyridine rings is 2. The number of benzene rings is 1. The summed E-state index contributed by atoms with van der Waals surface area (Å²) in [4.78, 5) is 11.2. The highest BCUT2D eigenvalue weighted by molar-refractivity contribution is 9.10. The van der Waals surface area contributed by atoms with Gasteiger partial charge >= 0.3 is 0 Å².